The third-order valence-electron chi connectivity index (χ3n) is 2.14. The van der Waals surface area contributed by atoms with Crippen molar-refractivity contribution in [1.82, 2.24) is 0 Å². The molecule has 1 unspecified atom stereocenters. The van der Waals surface area contributed by atoms with E-state index in [4.69, 9.17) is 8.85 Å². The Kier molecular flexibility index (Phi) is 7.66. The molecule has 5 heteroatoms. The minimum atomic E-state index is -1.36. The lowest BCUT2D eigenvalue weighted by Gasteiger charge is -2.22. The van der Waals surface area contributed by atoms with Crippen molar-refractivity contribution in [3.8, 4) is 0 Å². The minimum absolute atomic E-state index is 0.284. The van der Waals surface area contributed by atoms with Crippen LogP contribution in [0.15, 0.2) is 12.2 Å². The van der Waals surface area contributed by atoms with Crippen LogP contribution in [0.25, 0.3) is 0 Å². The highest BCUT2D eigenvalue weighted by molar-refractivity contribution is 6.77. The number of unbranched alkanes of at least 4 members (excludes halogenated alkanes) is 1. The van der Waals surface area contributed by atoms with Gasteiger partial charge in [0.1, 0.15) is 0 Å². The summed E-state index contributed by atoms with van der Waals surface area (Å²) >= 11 is 0. The Morgan fingerprint density at radius 1 is 1.29 bits per heavy atom. The maximum Gasteiger partial charge on any atom is 0.333 e. The zero-order valence-corrected chi connectivity index (χ0v) is 14.0. The Morgan fingerprint density at radius 3 is 2.35 bits per heavy atom. The molecule has 100 valence electrons. The second kappa shape index (κ2) is 7.84. The van der Waals surface area contributed by atoms with Crippen molar-refractivity contribution in [1.29, 1.82) is 0 Å². The molecule has 0 radical (unpaired) electrons. The summed E-state index contributed by atoms with van der Waals surface area (Å²) in [6, 6.07) is 1.16. The number of ether oxygens (including phenoxy) is 1. The lowest BCUT2D eigenvalue weighted by Crippen LogP contribution is -2.32. The number of carbonyl (C=O) groups excluding carboxylic acids is 1. The van der Waals surface area contributed by atoms with Crippen LogP contribution in [0.1, 0.15) is 19.8 Å². The predicted octanol–water partition coefficient (Wildman–Crippen LogP) is 3.09. The van der Waals surface area contributed by atoms with Gasteiger partial charge < -0.3 is 8.85 Å². The van der Waals surface area contributed by atoms with Gasteiger partial charge >= 0.3 is 5.97 Å². The molecule has 0 amide bonds. The molecule has 1 atom stereocenters. The highest BCUT2D eigenvalue weighted by atomic mass is 28.4. The van der Waals surface area contributed by atoms with Crippen LogP contribution in [-0.4, -0.2) is 29.9 Å². The van der Waals surface area contributed by atoms with Gasteiger partial charge in [-0.3, -0.25) is 0 Å². The van der Waals surface area contributed by atoms with Crippen LogP contribution in [0.4, 0.5) is 0 Å². The third-order valence-corrected chi connectivity index (χ3v) is 7.80. The van der Waals surface area contributed by atoms with E-state index >= 15 is 0 Å². The zero-order valence-electron chi connectivity index (χ0n) is 11.8. The maximum atomic E-state index is 11.1. The van der Waals surface area contributed by atoms with Crippen LogP contribution < -0.4 is 0 Å². The smallest absolute Gasteiger partial charge is 0.333 e. The zero-order chi connectivity index (χ0) is 13.5. The van der Waals surface area contributed by atoms with E-state index in [1.54, 1.807) is 6.92 Å². The second-order valence-electron chi connectivity index (χ2n) is 5.45. The summed E-state index contributed by atoms with van der Waals surface area (Å²) < 4.78 is 11.1. The lowest BCUT2D eigenvalue weighted by atomic mass is 10.3. The van der Waals surface area contributed by atoms with E-state index in [9.17, 15) is 4.79 Å². The minimum Gasteiger partial charge on any atom is -0.462 e. The van der Waals surface area contributed by atoms with Crippen molar-refractivity contribution in [2.75, 3.05) is 6.61 Å². The fourth-order valence-electron chi connectivity index (χ4n) is 1.48. The number of rotatable bonds is 8. The first-order valence-electron chi connectivity index (χ1n) is 6.23. The molecule has 0 saturated heterocycles. The van der Waals surface area contributed by atoms with E-state index < -0.39 is 17.4 Å². The van der Waals surface area contributed by atoms with Crippen molar-refractivity contribution >= 4 is 23.3 Å². The normalized spacial score (nSPS) is 13.2. The van der Waals surface area contributed by atoms with Crippen molar-refractivity contribution in [3.05, 3.63) is 12.2 Å². The van der Waals surface area contributed by atoms with Gasteiger partial charge in [0.2, 0.25) is 0 Å². The van der Waals surface area contributed by atoms with Gasteiger partial charge in [-0.1, -0.05) is 13.0 Å². The van der Waals surface area contributed by atoms with E-state index in [-0.39, 0.29) is 5.97 Å². The first-order valence-corrected chi connectivity index (χ1v) is 12.1. The SMILES string of the molecule is C=C(C)C(=O)OCCCC[SiH](C)O[Si](C)(C)C. The summed E-state index contributed by atoms with van der Waals surface area (Å²) in [5.41, 5.74) is 0.467. The van der Waals surface area contributed by atoms with Gasteiger partial charge in [-0.2, -0.15) is 0 Å². The molecule has 0 aliphatic carbocycles. The molecule has 0 aliphatic rings. The molecule has 0 bridgehead atoms. The number of esters is 1. The van der Waals surface area contributed by atoms with Gasteiger partial charge in [-0.25, -0.2) is 4.79 Å². The van der Waals surface area contributed by atoms with Gasteiger partial charge in [0, 0.05) is 5.57 Å². The Bertz CT molecular complexity index is 259. The van der Waals surface area contributed by atoms with Crippen LogP contribution >= 0.6 is 0 Å². The summed E-state index contributed by atoms with van der Waals surface area (Å²) in [4.78, 5) is 11.1. The van der Waals surface area contributed by atoms with Crippen molar-refractivity contribution < 1.29 is 13.6 Å². The molecule has 0 saturated carbocycles. The molecular formula is C12H26O3Si2. The van der Waals surface area contributed by atoms with Gasteiger partial charge in [0.05, 0.1) is 6.61 Å². The molecule has 0 aromatic carbocycles. The molecule has 0 aliphatic heterocycles. The topological polar surface area (TPSA) is 35.5 Å². The molecule has 17 heavy (non-hydrogen) atoms. The Hall–Kier alpha value is -0.396. The second-order valence-corrected chi connectivity index (χ2v) is 12.8. The van der Waals surface area contributed by atoms with Gasteiger partial charge in [0.15, 0.2) is 17.4 Å². The first-order chi connectivity index (χ1) is 7.72. The van der Waals surface area contributed by atoms with Crippen LogP contribution in [0.2, 0.25) is 32.2 Å². The van der Waals surface area contributed by atoms with Crippen molar-refractivity contribution in [2.24, 2.45) is 0 Å². The summed E-state index contributed by atoms with van der Waals surface area (Å²) in [6.07, 6.45) is 2.01. The quantitative estimate of drug-likeness (QED) is 0.295. The Labute approximate surface area is 108 Å². The molecule has 0 rings (SSSR count). The van der Waals surface area contributed by atoms with E-state index in [0.717, 1.165) is 18.9 Å². The third kappa shape index (κ3) is 10.5. The van der Waals surface area contributed by atoms with E-state index in [1.807, 2.05) is 0 Å². The average Bonchev–Trinajstić information content (AvgIpc) is 2.13. The Balaban J connectivity index is 3.52. The summed E-state index contributed by atoms with van der Waals surface area (Å²) in [6.45, 7) is 14.6. The van der Waals surface area contributed by atoms with E-state index in [0.29, 0.717) is 12.2 Å². The fourth-order valence-corrected chi connectivity index (χ4v) is 7.65. The number of carbonyl (C=O) groups is 1. The molecule has 0 N–H and O–H groups in total. The van der Waals surface area contributed by atoms with Crippen LogP contribution in [0.3, 0.4) is 0 Å². The number of hydrogen-bond donors (Lipinski definition) is 0. The van der Waals surface area contributed by atoms with Gasteiger partial charge in [0.25, 0.3) is 0 Å². The summed E-state index contributed by atoms with van der Waals surface area (Å²) in [7, 11) is -2.37. The molecule has 3 nitrogen and oxygen atoms in total. The number of hydrogen-bond acceptors (Lipinski definition) is 3. The highest BCUT2D eigenvalue weighted by Gasteiger charge is 2.18. The highest BCUT2D eigenvalue weighted by Crippen LogP contribution is 2.10. The first kappa shape index (κ1) is 16.6. The van der Waals surface area contributed by atoms with E-state index in [1.165, 1.54) is 0 Å². The molecule has 0 aromatic rings. The molecular weight excluding hydrogens is 248 g/mol. The van der Waals surface area contributed by atoms with Crippen LogP contribution in [-0.2, 0) is 13.6 Å². The predicted molar refractivity (Wildman–Crippen MR) is 77.3 cm³/mol. The molecule has 0 fully saturated rings. The lowest BCUT2D eigenvalue weighted by molar-refractivity contribution is -0.139. The summed E-state index contributed by atoms with van der Waals surface area (Å²) in [5, 5.41) is 0. The van der Waals surface area contributed by atoms with Crippen LogP contribution in [0, 0.1) is 0 Å². The van der Waals surface area contributed by atoms with Crippen LogP contribution in [0.5, 0.6) is 0 Å². The van der Waals surface area contributed by atoms with E-state index in [2.05, 4.69) is 32.8 Å². The molecule has 0 aromatic heterocycles. The summed E-state index contributed by atoms with van der Waals surface area (Å²) in [5.74, 6) is -0.284. The molecule has 0 spiro atoms. The van der Waals surface area contributed by atoms with Gasteiger partial charge in [-0.15, -0.1) is 0 Å². The standard InChI is InChI=1S/C12H26O3Si2/c1-11(2)12(13)14-9-7-8-10-16(3)15-17(4,5)6/h16H,1,7-10H2,2-6H3. The van der Waals surface area contributed by atoms with Crippen molar-refractivity contribution in [2.45, 2.75) is 52.0 Å². The largest absolute Gasteiger partial charge is 0.462 e. The maximum absolute atomic E-state index is 11.1. The molecule has 0 heterocycles. The fraction of sp³-hybridized carbons (Fsp3) is 0.750. The Morgan fingerprint density at radius 2 is 1.88 bits per heavy atom. The monoisotopic (exact) mass is 274 g/mol. The van der Waals surface area contributed by atoms with Crippen molar-refractivity contribution in [3.63, 3.8) is 0 Å². The average molecular weight is 275 g/mol. The van der Waals surface area contributed by atoms with Gasteiger partial charge in [-0.05, 0) is 45.6 Å².